The lowest BCUT2D eigenvalue weighted by molar-refractivity contribution is 0.279. The topological polar surface area (TPSA) is 103 Å². The highest BCUT2D eigenvalue weighted by molar-refractivity contribution is 7.90. The molecule has 0 amide bonds. The van der Waals surface area contributed by atoms with E-state index >= 15 is 0 Å². The summed E-state index contributed by atoms with van der Waals surface area (Å²) in [4.78, 5) is 12.5. The molecule has 0 spiro atoms. The molecule has 0 bridgehead atoms. The Labute approximate surface area is 179 Å². The first kappa shape index (κ1) is 21.2. The molecule has 0 atom stereocenters. The number of halogens is 1. The van der Waals surface area contributed by atoms with Gasteiger partial charge in [-0.2, -0.15) is 15.0 Å². The summed E-state index contributed by atoms with van der Waals surface area (Å²) in [5.41, 5.74) is 1.59. The van der Waals surface area contributed by atoms with Crippen LogP contribution < -0.4 is 9.64 Å². The third-order valence-electron chi connectivity index (χ3n) is 5.10. The zero-order valence-corrected chi connectivity index (χ0v) is 18.1. The van der Waals surface area contributed by atoms with E-state index in [0.29, 0.717) is 5.69 Å². The smallest absolute Gasteiger partial charge is 0.225 e. The van der Waals surface area contributed by atoms with Crippen LogP contribution in [0.1, 0.15) is 30.1 Å². The summed E-state index contributed by atoms with van der Waals surface area (Å²) in [5, 5.41) is 8.79. The number of sulfone groups is 1. The van der Waals surface area contributed by atoms with Crippen LogP contribution in [0, 0.1) is 12.7 Å². The van der Waals surface area contributed by atoms with Crippen molar-refractivity contribution in [3.8, 4) is 5.75 Å². The predicted molar refractivity (Wildman–Crippen MR) is 111 cm³/mol. The number of aryl methyl sites for hydroxylation is 1. The molecule has 1 aliphatic rings. The van der Waals surface area contributed by atoms with Gasteiger partial charge in [0, 0.05) is 31.7 Å². The van der Waals surface area contributed by atoms with E-state index in [4.69, 9.17) is 4.74 Å². The fourth-order valence-corrected chi connectivity index (χ4v) is 4.01. The highest BCUT2D eigenvalue weighted by Gasteiger charge is 2.23. The lowest BCUT2D eigenvalue weighted by Gasteiger charge is -2.31. The van der Waals surface area contributed by atoms with Crippen molar-refractivity contribution in [2.24, 2.45) is 0 Å². The van der Waals surface area contributed by atoms with Gasteiger partial charge in [0.2, 0.25) is 5.95 Å². The van der Waals surface area contributed by atoms with Crippen LogP contribution in [0.25, 0.3) is 0 Å². The van der Waals surface area contributed by atoms with Gasteiger partial charge in [-0.05, 0) is 43.5 Å². The first-order chi connectivity index (χ1) is 14.8. The third kappa shape index (κ3) is 4.98. The standard InChI is InChI=1S/C20H23FN6O3S/c1-14-10-22-20(23-11-14)26-7-5-16(6-8-26)27-24-12-15(25-27)13-30-19-4-3-17(9-18(19)21)31(2,28)29/h3-4,9-12,16H,5-8,13H2,1-2H3. The van der Waals surface area contributed by atoms with E-state index < -0.39 is 15.7 Å². The molecule has 1 aliphatic heterocycles. The molecule has 0 N–H and O–H groups in total. The van der Waals surface area contributed by atoms with Gasteiger partial charge in [0.05, 0.1) is 17.1 Å². The van der Waals surface area contributed by atoms with Crippen LogP contribution in [0.15, 0.2) is 41.7 Å². The zero-order chi connectivity index (χ0) is 22.0. The summed E-state index contributed by atoms with van der Waals surface area (Å²) in [5.74, 6) is -0.0372. The van der Waals surface area contributed by atoms with E-state index in [1.54, 1.807) is 11.0 Å². The van der Waals surface area contributed by atoms with Crippen LogP contribution in [-0.2, 0) is 16.4 Å². The number of rotatable bonds is 6. The molecule has 4 rings (SSSR count). The van der Waals surface area contributed by atoms with E-state index in [2.05, 4.69) is 25.1 Å². The van der Waals surface area contributed by atoms with Crippen molar-refractivity contribution in [1.29, 1.82) is 0 Å². The second-order valence-electron chi connectivity index (χ2n) is 7.59. The van der Waals surface area contributed by atoms with Gasteiger partial charge in [0.1, 0.15) is 12.3 Å². The summed E-state index contributed by atoms with van der Waals surface area (Å²) < 4.78 is 42.6. The second-order valence-corrected chi connectivity index (χ2v) is 9.60. The minimum atomic E-state index is -3.47. The molecule has 2 aromatic heterocycles. The highest BCUT2D eigenvalue weighted by Crippen LogP contribution is 2.24. The first-order valence-corrected chi connectivity index (χ1v) is 11.8. The first-order valence-electron chi connectivity index (χ1n) is 9.86. The van der Waals surface area contributed by atoms with Crippen molar-refractivity contribution in [2.75, 3.05) is 24.2 Å². The molecule has 0 radical (unpaired) electrons. The van der Waals surface area contributed by atoms with Crippen LogP contribution >= 0.6 is 0 Å². The maximum Gasteiger partial charge on any atom is 0.225 e. The van der Waals surface area contributed by atoms with Gasteiger partial charge in [-0.25, -0.2) is 22.8 Å². The molecule has 1 fully saturated rings. The average Bonchev–Trinajstić information content (AvgIpc) is 3.22. The average molecular weight is 447 g/mol. The van der Waals surface area contributed by atoms with E-state index in [1.807, 2.05) is 19.3 Å². The quantitative estimate of drug-likeness (QED) is 0.568. The number of aromatic nitrogens is 5. The van der Waals surface area contributed by atoms with Gasteiger partial charge in [0.15, 0.2) is 21.4 Å². The largest absolute Gasteiger partial charge is 0.484 e. The maximum absolute atomic E-state index is 14.1. The summed E-state index contributed by atoms with van der Waals surface area (Å²) in [6.45, 7) is 3.60. The van der Waals surface area contributed by atoms with E-state index in [0.717, 1.165) is 49.8 Å². The van der Waals surface area contributed by atoms with Gasteiger partial charge in [-0.1, -0.05) is 0 Å². The van der Waals surface area contributed by atoms with Crippen LogP contribution in [-0.4, -0.2) is 52.7 Å². The number of hydrogen-bond donors (Lipinski definition) is 0. The van der Waals surface area contributed by atoms with Crippen molar-refractivity contribution in [3.05, 3.63) is 53.9 Å². The van der Waals surface area contributed by atoms with Crippen molar-refractivity contribution >= 4 is 15.8 Å². The Morgan fingerprint density at radius 2 is 1.87 bits per heavy atom. The Kier molecular flexibility index (Phi) is 5.86. The molecule has 0 unspecified atom stereocenters. The summed E-state index contributed by atoms with van der Waals surface area (Å²) >= 11 is 0. The Balaban J connectivity index is 1.33. The van der Waals surface area contributed by atoms with Crippen LogP contribution in [0.3, 0.4) is 0 Å². The molecule has 3 aromatic rings. The Morgan fingerprint density at radius 1 is 1.16 bits per heavy atom. The monoisotopic (exact) mass is 446 g/mol. The van der Waals surface area contributed by atoms with E-state index in [9.17, 15) is 12.8 Å². The van der Waals surface area contributed by atoms with Crippen LogP contribution in [0.2, 0.25) is 0 Å². The third-order valence-corrected chi connectivity index (χ3v) is 6.21. The van der Waals surface area contributed by atoms with Gasteiger partial charge in [-0.15, -0.1) is 0 Å². The lowest BCUT2D eigenvalue weighted by atomic mass is 10.1. The zero-order valence-electron chi connectivity index (χ0n) is 17.3. The SMILES string of the molecule is Cc1cnc(N2CCC(n3ncc(COc4ccc(S(C)(=O)=O)cc4F)n3)CC2)nc1. The summed E-state index contributed by atoms with van der Waals surface area (Å²) in [6.07, 6.45) is 7.96. The molecular formula is C20H23FN6O3S. The predicted octanol–water partition coefficient (Wildman–Crippen LogP) is 2.34. The molecule has 0 saturated carbocycles. The van der Waals surface area contributed by atoms with Gasteiger partial charge in [0.25, 0.3) is 0 Å². The van der Waals surface area contributed by atoms with Gasteiger partial charge >= 0.3 is 0 Å². The minimum Gasteiger partial charge on any atom is -0.484 e. The molecule has 0 aliphatic carbocycles. The van der Waals surface area contributed by atoms with Gasteiger partial charge < -0.3 is 9.64 Å². The molecule has 1 saturated heterocycles. The number of benzene rings is 1. The molecule has 11 heteroatoms. The second kappa shape index (κ2) is 8.58. The fourth-order valence-electron chi connectivity index (χ4n) is 3.38. The number of nitrogens with zero attached hydrogens (tertiary/aromatic N) is 6. The van der Waals surface area contributed by atoms with E-state index in [1.165, 1.54) is 12.1 Å². The molecule has 1 aromatic carbocycles. The highest BCUT2D eigenvalue weighted by atomic mass is 32.2. The summed E-state index contributed by atoms with van der Waals surface area (Å²) in [7, 11) is -3.47. The van der Waals surface area contributed by atoms with E-state index in [-0.39, 0.29) is 23.3 Å². The van der Waals surface area contributed by atoms with Crippen molar-refractivity contribution in [1.82, 2.24) is 25.0 Å². The Hall–Kier alpha value is -3.08. The van der Waals surface area contributed by atoms with Crippen LogP contribution in [0.4, 0.5) is 10.3 Å². The Morgan fingerprint density at radius 3 is 2.52 bits per heavy atom. The number of ether oxygens (including phenoxy) is 1. The van der Waals surface area contributed by atoms with Crippen molar-refractivity contribution in [2.45, 2.75) is 37.3 Å². The maximum atomic E-state index is 14.1. The van der Waals surface area contributed by atoms with Gasteiger partial charge in [-0.3, -0.25) is 0 Å². The molecule has 9 nitrogen and oxygen atoms in total. The molecular weight excluding hydrogens is 423 g/mol. The minimum absolute atomic E-state index is 0.0329. The Bertz CT molecular complexity index is 1160. The molecule has 164 valence electrons. The van der Waals surface area contributed by atoms with Crippen molar-refractivity contribution in [3.63, 3.8) is 0 Å². The summed E-state index contributed by atoms with van der Waals surface area (Å²) in [6, 6.07) is 3.73. The fraction of sp³-hybridized carbons (Fsp3) is 0.400. The number of piperidine rings is 1. The number of hydrogen-bond acceptors (Lipinski definition) is 8. The van der Waals surface area contributed by atoms with Crippen molar-refractivity contribution < 1.29 is 17.5 Å². The molecule has 31 heavy (non-hydrogen) atoms. The normalized spacial score (nSPS) is 15.3. The van der Waals surface area contributed by atoms with Crippen LogP contribution in [0.5, 0.6) is 5.75 Å². The number of anilines is 1. The molecule has 3 heterocycles. The lowest BCUT2D eigenvalue weighted by Crippen LogP contribution is -2.36.